The number of nitrogens with two attached hydrogens (primary N) is 1. The van der Waals surface area contributed by atoms with Crippen LogP contribution in [0.15, 0.2) is 28.7 Å². The summed E-state index contributed by atoms with van der Waals surface area (Å²) in [5, 5.41) is 0. The lowest BCUT2D eigenvalue weighted by Crippen LogP contribution is -2.03. The average Bonchev–Trinajstić information content (AvgIpc) is 1.88. The minimum absolute atomic E-state index is 0. The fourth-order valence-electron chi connectivity index (χ4n) is 0.766. The third-order valence-corrected chi connectivity index (χ3v) is 1.92. The highest BCUT2D eigenvalue weighted by Crippen LogP contribution is 2.14. The second-order valence-electron chi connectivity index (χ2n) is 2.34. The second kappa shape index (κ2) is 5.11. The molecule has 62 valence electrons. The molecule has 0 saturated carbocycles. The standard InChI is InChI=1S/C8H10BrN.HI/c1-6(10)7-2-4-8(9)5-3-7;/h2-6H,10H2,1H3;1H. The molecule has 0 spiro atoms. The molecule has 0 fully saturated rings. The molecule has 0 amide bonds. The normalized spacial score (nSPS) is 11.9. The maximum Gasteiger partial charge on any atom is 0.0266 e. The monoisotopic (exact) mass is 327 g/mol. The highest BCUT2D eigenvalue weighted by molar-refractivity contribution is 14.0. The van der Waals surface area contributed by atoms with E-state index in [1.54, 1.807) is 0 Å². The quantitative estimate of drug-likeness (QED) is 0.788. The smallest absolute Gasteiger partial charge is 0.0266 e. The van der Waals surface area contributed by atoms with E-state index < -0.39 is 0 Å². The summed E-state index contributed by atoms with van der Waals surface area (Å²) in [6.07, 6.45) is 0. The van der Waals surface area contributed by atoms with Gasteiger partial charge in [-0.15, -0.1) is 24.0 Å². The summed E-state index contributed by atoms with van der Waals surface area (Å²) in [7, 11) is 0. The maximum atomic E-state index is 5.65. The number of hydrogen-bond donors (Lipinski definition) is 1. The molecule has 0 bridgehead atoms. The van der Waals surface area contributed by atoms with Gasteiger partial charge in [0.25, 0.3) is 0 Å². The molecule has 1 aromatic carbocycles. The van der Waals surface area contributed by atoms with Crippen LogP contribution in [-0.2, 0) is 0 Å². The fraction of sp³-hybridized carbons (Fsp3) is 0.250. The summed E-state index contributed by atoms with van der Waals surface area (Å²) in [4.78, 5) is 0. The number of rotatable bonds is 1. The van der Waals surface area contributed by atoms with Crippen molar-refractivity contribution >= 4 is 39.9 Å². The third-order valence-electron chi connectivity index (χ3n) is 1.40. The van der Waals surface area contributed by atoms with Gasteiger partial charge in [-0.1, -0.05) is 28.1 Å². The van der Waals surface area contributed by atoms with Crippen molar-refractivity contribution in [2.75, 3.05) is 0 Å². The number of halogens is 2. The van der Waals surface area contributed by atoms with Crippen LogP contribution in [0, 0.1) is 0 Å². The van der Waals surface area contributed by atoms with Crippen LogP contribution in [0.5, 0.6) is 0 Å². The predicted octanol–water partition coefficient (Wildman–Crippen LogP) is 3.09. The second-order valence-corrected chi connectivity index (χ2v) is 3.26. The Morgan fingerprint density at radius 1 is 1.27 bits per heavy atom. The summed E-state index contributed by atoms with van der Waals surface area (Å²) in [5.74, 6) is 0. The summed E-state index contributed by atoms with van der Waals surface area (Å²) in [6.45, 7) is 1.98. The van der Waals surface area contributed by atoms with Crippen molar-refractivity contribution in [1.29, 1.82) is 0 Å². The van der Waals surface area contributed by atoms with E-state index in [1.165, 1.54) is 5.56 Å². The largest absolute Gasteiger partial charge is 0.324 e. The van der Waals surface area contributed by atoms with Crippen LogP contribution < -0.4 is 5.73 Å². The molecule has 1 unspecified atom stereocenters. The molecule has 0 aliphatic rings. The highest BCUT2D eigenvalue weighted by atomic mass is 127. The van der Waals surface area contributed by atoms with Gasteiger partial charge in [0.1, 0.15) is 0 Å². The van der Waals surface area contributed by atoms with E-state index in [2.05, 4.69) is 15.9 Å². The van der Waals surface area contributed by atoms with Gasteiger partial charge in [0.15, 0.2) is 0 Å². The van der Waals surface area contributed by atoms with Crippen molar-refractivity contribution in [2.24, 2.45) is 5.73 Å². The number of benzene rings is 1. The molecular weight excluding hydrogens is 317 g/mol. The lowest BCUT2D eigenvalue weighted by molar-refractivity contribution is 0.818. The molecule has 0 radical (unpaired) electrons. The molecule has 1 atom stereocenters. The third kappa shape index (κ3) is 3.53. The minimum atomic E-state index is 0. The molecule has 2 N–H and O–H groups in total. The van der Waals surface area contributed by atoms with Crippen molar-refractivity contribution < 1.29 is 0 Å². The van der Waals surface area contributed by atoms with Gasteiger partial charge in [0.05, 0.1) is 0 Å². The Morgan fingerprint density at radius 2 is 1.73 bits per heavy atom. The Kier molecular flexibility index (Phi) is 5.29. The number of hydrogen-bond acceptors (Lipinski definition) is 1. The zero-order chi connectivity index (χ0) is 7.56. The Morgan fingerprint density at radius 3 is 2.09 bits per heavy atom. The van der Waals surface area contributed by atoms with Gasteiger partial charge < -0.3 is 5.73 Å². The maximum absolute atomic E-state index is 5.65. The molecule has 1 aromatic rings. The van der Waals surface area contributed by atoms with Gasteiger partial charge in [-0.3, -0.25) is 0 Å². The average molecular weight is 328 g/mol. The van der Waals surface area contributed by atoms with Crippen LogP contribution in [-0.4, -0.2) is 0 Å². The van der Waals surface area contributed by atoms with Crippen LogP contribution in [0.1, 0.15) is 18.5 Å². The summed E-state index contributed by atoms with van der Waals surface area (Å²) < 4.78 is 1.09. The lowest BCUT2D eigenvalue weighted by Gasteiger charge is -2.03. The molecule has 0 saturated heterocycles. The van der Waals surface area contributed by atoms with E-state index in [-0.39, 0.29) is 30.0 Å². The van der Waals surface area contributed by atoms with Crippen molar-refractivity contribution in [3.05, 3.63) is 34.3 Å². The first-order valence-corrected chi connectivity index (χ1v) is 4.00. The first kappa shape index (κ1) is 11.4. The van der Waals surface area contributed by atoms with Gasteiger partial charge in [0.2, 0.25) is 0 Å². The van der Waals surface area contributed by atoms with E-state index in [1.807, 2.05) is 31.2 Å². The Bertz CT molecular complexity index is 208. The minimum Gasteiger partial charge on any atom is -0.324 e. The predicted molar refractivity (Wildman–Crippen MR) is 62.2 cm³/mol. The molecule has 11 heavy (non-hydrogen) atoms. The van der Waals surface area contributed by atoms with E-state index in [0.29, 0.717) is 0 Å². The molecule has 0 heterocycles. The summed E-state index contributed by atoms with van der Waals surface area (Å²) in [6, 6.07) is 8.18. The SMILES string of the molecule is CC(N)c1ccc(Br)cc1.I. The van der Waals surface area contributed by atoms with Crippen molar-refractivity contribution in [2.45, 2.75) is 13.0 Å². The van der Waals surface area contributed by atoms with Crippen LogP contribution in [0.4, 0.5) is 0 Å². The van der Waals surface area contributed by atoms with Crippen LogP contribution >= 0.6 is 39.9 Å². The summed E-state index contributed by atoms with van der Waals surface area (Å²) >= 11 is 3.35. The van der Waals surface area contributed by atoms with E-state index in [9.17, 15) is 0 Å². The Hall–Kier alpha value is 0.390. The molecular formula is C8H11BrIN. The zero-order valence-corrected chi connectivity index (χ0v) is 10.2. The first-order chi connectivity index (χ1) is 4.70. The van der Waals surface area contributed by atoms with Crippen LogP contribution in [0.3, 0.4) is 0 Å². The highest BCUT2D eigenvalue weighted by Gasteiger charge is 1.96. The van der Waals surface area contributed by atoms with E-state index in [4.69, 9.17) is 5.73 Å². The molecule has 1 nitrogen and oxygen atoms in total. The van der Waals surface area contributed by atoms with E-state index in [0.717, 1.165) is 4.47 Å². The molecule has 1 rings (SSSR count). The van der Waals surface area contributed by atoms with Crippen LogP contribution in [0.25, 0.3) is 0 Å². The zero-order valence-electron chi connectivity index (χ0n) is 6.25. The first-order valence-electron chi connectivity index (χ1n) is 3.21. The molecule has 0 aromatic heterocycles. The summed E-state index contributed by atoms with van der Waals surface area (Å²) in [5.41, 5.74) is 6.82. The molecule has 0 aliphatic heterocycles. The van der Waals surface area contributed by atoms with E-state index >= 15 is 0 Å². The lowest BCUT2D eigenvalue weighted by atomic mass is 10.1. The van der Waals surface area contributed by atoms with Gasteiger partial charge in [0, 0.05) is 10.5 Å². The molecule has 0 aliphatic carbocycles. The van der Waals surface area contributed by atoms with Gasteiger partial charge in [-0.25, -0.2) is 0 Å². The Balaban J connectivity index is 0.000001000. The Labute approximate surface area is 92.5 Å². The van der Waals surface area contributed by atoms with Gasteiger partial charge >= 0.3 is 0 Å². The molecule has 3 heteroatoms. The van der Waals surface area contributed by atoms with Crippen molar-refractivity contribution in [1.82, 2.24) is 0 Å². The van der Waals surface area contributed by atoms with Crippen LogP contribution in [0.2, 0.25) is 0 Å². The van der Waals surface area contributed by atoms with Gasteiger partial charge in [-0.05, 0) is 24.6 Å². The van der Waals surface area contributed by atoms with Crippen molar-refractivity contribution in [3.8, 4) is 0 Å². The van der Waals surface area contributed by atoms with Gasteiger partial charge in [-0.2, -0.15) is 0 Å². The van der Waals surface area contributed by atoms with Crippen molar-refractivity contribution in [3.63, 3.8) is 0 Å². The fourth-order valence-corrected chi connectivity index (χ4v) is 1.03. The topological polar surface area (TPSA) is 26.0 Å².